The molecule has 9 nitrogen and oxygen atoms in total. The Balaban J connectivity index is 1.27. The number of hydrogen-bond donors (Lipinski definition) is 4. The molecule has 2 fully saturated rings. The first-order chi connectivity index (χ1) is 16.7. The molecule has 1 aromatic heterocycles. The summed E-state index contributed by atoms with van der Waals surface area (Å²) in [6.45, 7) is 4.04. The van der Waals surface area contributed by atoms with E-state index < -0.39 is 29.6 Å². The van der Waals surface area contributed by atoms with Crippen LogP contribution in [0.2, 0.25) is 0 Å². The monoisotopic (exact) mass is 505 g/mol. The lowest BCUT2D eigenvalue weighted by Crippen LogP contribution is -2.54. The van der Waals surface area contributed by atoms with Gasteiger partial charge in [0.25, 0.3) is 11.8 Å². The maximum absolute atomic E-state index is 13.3. The number of anilines is 2. The highest BCUT2D eigenvalue weighted by Crippen LogP contribution is 2.40. The number of nitrogens with two attached hydrogens (primary N) is 1. The van der Waals surface area contributed by atoms with Crippen LogP contribution in [0.1, 0.15) is 37.6 Å². The maximum atomic E-state index is 13.3. The number of benzene rings is 1. The number of aromatic nitrogens is 1. The predicted molar refractivity (Wildman–Crippen MR) is 131 cm³/mol. The molecule has 2 aromatic rings. The number of nitrogen functional groups attached to an aromatic ring is 1. The Kier molecular flexibility index (Phi) is 7.58. The number of amides is 2. The number of nitrogens with zero attached hydrogens (tertiary/aromatic N) is 3. The minimum atomic E-state index is -1.86. The molecule has 0 aliphatic carbocycles. The number of carbonyl (C=O) groups is 2. The lowest BCUT2D eigenvalue weighted by molar-refractivity contribution is -0.156. The van der Waals surface area contributed by atoms with Gasteiger partial charge in [-0.25, -0.2) is 9.37 Å². The molecule has 190 valence electrons. The molecule has 11 heteroatoms. The van der Waals surface area contributed by atoms with Crippen molar-refractivity contribution in [1.29, 1.82) is 0 Å². The molecule has 2 amide bonds. The maximum Gasteiger partial charge on any atom is 0.255 e. The number of aliphatic hydroxyl groups excluding tert-OH is 2. The van der Waals surface area contributed by atoms with Crippen LogP contribution in [-0.4, -0.2) is 70.3 Å². The molecule has 2 saturated heterocycles. The van der Waals surface area contributed by atoms with Gasteiger partial charge in [0, 0.05) is 37.8 Å². The molecule has 2 aliphatic heterocycles. The van der Waals surface area contributed by atoms with E-state index in [1.807, 2.05) is 12.3 Å². The Labute approximate surface area is 207 Å². The summed E-state index contributed by atoms with van der Waals surface area (Å²) in [7, 11) is 0. The number of likely N-dealkylation sites (tertiary alicyclic amines) is 1. The van der Waals surface area contributed by atoms with Gasteiger partial charge >= 0.3 is 0 Å². The van der Waals surface area contributed by atoms with E-state index in [0.29, 0.717) is 38.3 Å². The largest absolute Gasteiger partial charge is 0.397 e. The Hall–Kier alpha value is -2.76. The minimum absolute atomic E-state index is 0.170. The Bertz CT molecular complexity index is 1050. The molecule has 0 saturated carbocycles. The lowest BCUT2D eigenvalue weighted by atomic mass is 9.96. The first-order valence-corrected chi connectivity index (χ1v) is 12.7. The quantitative estimate of drug-likeness (QED) is 0.419. The van der Waals surface area contributed by atoms with Crippen molar-refractivity contribution in [1.82, 2.24) is 15.2 Å². The molecule has 0 bridgehead atoms. The molecule has 3 atom stereocenters. The number of carbonyl (C=O) groups excluding carboxylic acids is 2. The van der Waals surface area contributed by atoms with Gasteiger partial charge in [-0.2, -0.15) is 0 Å². The zero-order valence-corrected chi connectivity index (χ0v) is 20.5. The SMILES string of the molecule is C[C@@]1(c2nccs2)CCCN1C(=O)[C@H](O)[C@@H](O)C(=O)NCC1CCN(c2ccc(F)cc2N)CC1. The number of halogens is 1. The normalized spacial score (nSPS) is 22.7. The summed E-state index contributed by atoms with van der Waals surface area (Å²) in [4.78, 5) is 33.5. The van der Waals surface area contributed by atoms with Crippen LogP contribution in [0.15, 0.2) is 29.8 Å². The summed E-state index contributed by atoms with van der Waals surface area (Å²) >= 11 is 1.44. The molecule has 2 aliphatic rings. The van der Waals surface area contributed by atoms with E-state index in [1.54, 1.807) is 12.3 Å². The first kappa shape index (κ1) is 25.3. The van der Waals surface area contributed by atoms with Crippen molar-refractivity contribution in [2.75, 3.05) is 36.8 Å². The van der Waals surface area contributed by atoms with E-state index in [0.717, 1.165) is 30.0 Å². The summed E-state index contributed by atoms with van der Waals surface area (Å²) in [5.41, 5.74) is 6.45. The van der Waals surface area contributed by atoms with Crippen LogP contribution < -0.4 is 16.0 Å². The third kappa shape index (κ3) is 5.26. The van der Waals surface area contributed by atoms with Gasteiger partial charge in [0.2, 0.25) is 0 Å². The summed E-state index contributed by atoms with van der Waals surface area (Å²) in [5.74, 6) is -1.65. The van der Waals surface area contributed by atoms with Crippen LogP contribution in [-0.2, 0) is 15.1 Å². The zero-order valence-electron chi connectivity index (χ0n) is 19.7. The van der Waals surface area contributed by atoms with E-state index in [4.69, 9.17) is 5.73 Å². The van der Waals surface area contributed by atoms with Crippen LogP contribution in [0.3, 0.4) is 0 Å². The van der Waals surface area contributed by atoms with E-state index in [1.165, 1.54) is 28.4 Å². The second-order valence-electron chi connectivity index (χ2n) is 9.47. The summed E-state index contributed by atoms with van der Waals surface area (Å²) in [5, 5.41) is 26.2. The van der Waals surface area contributed by atoms with Gasteiger partial charge in [-0.1, -0.05) is 0 Å². The van der Waals surface area contributed by atoms with Gasteiger partial charge in [0.05, 0.1) is 16.9 Å². The second-order valence-corrected chi connectivity index (χ2v) is 10.4. The predicted octanol–water partition coefficient (Wildman–Crippen LogP) is 1.46. The molecule has 3 heterocycles. The summed E-state index contributed by atoms with van der Waals surface area (Å²) in [6.07, 6.45) is 0.953. The fraction of sp³-hybridized carbons (Fsp3) is 0.542. The number of rotatable bonds is 7. The number of nitrogens with one attached hydrogen (secondary N) is 1. The summed E-state index contributed by atoms with van der Waals surface area (Å²) in [6, 6.07) is 4.35. The first-order valence-electron chi connectivity index (χ1n) is 11.9. The van der Waals surface area contributed by atoms with E-state index in [-0.39, 0.29) is 11.7 Å². The van der Waals surface area contributed by atoms with Crippen molar-refractivity contribution >= 4 is 34.5 Å². The zero-order chi connectivity index (χ0) is 25.2. The molecule has 1 aromatic carbocycles. The minimum Gasteiger partial charge on any atom is -0.397 e. The lowest BCUT2D eigenvalue weighted by Gasteiger charge is -2.36. The van der Waals surface area contributed by atoms with Crippen molar-refractivity contribution in [3.63, 3.8) is 0 Å². The highest BCUT2D eigenvalue weighted by Gasteiger charge is 2.46. The average Bonchev–Trinajstić information content (AvgIpc) is 3.52. The number of thiazole rings is 1. The molecule has 0 unspecified atom stereocenters. The van der Waals surface area contributed by atoms with Crippen LogP contribution in [0.5, 0.6) is 0 Å². The van der Waals surface area contributed by atoms with Crippen LogP contribution in [0.25, 0.3) is 0 Å². The van der Waals surface area contributed by atoms with Gasteiger partial charge in [-0.3, -0.25) is 9.59 Å². The average molecular weight is 506 g/mol. The third-order valence-electron chi connectivity index (χ3n) is 7.13. The molecular weight excluding hydrogens is 473 g/mol. The van der Waals surface area contributed by atoms with Crippen molar-refractivity contribution in [2.24, 2.45) is 5.92 Å². The van der Waals surface area contributed by atoms with E-state index in [9.17, 15) is 24.2 Å². The molecule has 5 N–H and O–H groups in total. The van der Waals surface area contributed by atoms with E-state index in [2.05, 4.69) is 15.2 Å². The molecule has 4 rings (SSSR count). The van der Waals surface area contributed by atoms with Gasteiger partial charge in [-0.05, 0) is 56.7 Å². The standard InChI is InChI=1S/C24H32FN5O4S/c1-24(23-27-8-12-35-23)7-2-9-30(24)22(34)20(32)19(31)21(33)28-14-15-5-10-29(11-6-15)18-4-3-16(25)13-17(18)26/h3-4,8,12-13,15,19-20,31-32H,2,5-7,9-11,14,26H2,1H3,(H,28,33)/t19-,20-,24+/m1/s1. The highest BCUT2D eigenvalue weighted by atomic mass is 32.1. The third-order valence-corrected chi connectivity index (χ3v) is 8.16. The highest BCUT2D eigenvalue weighted by molar-refractivity contribution is 7.09. The van der Waals surface area contributed by atoms with Crippen molar-refractivity contribution in [3.8, 4) is 0 Å². The molecule has 35 heavy (non-hydrogen) atoms. The fourth-order valence-electron chi connectivity index (χ4n) is 5.01. The Morgan fingerprint density at radius 1 is 1.29 bits per heavy atom. The van der Waals surface area contributed by atoms with Crippen molar-refractivity contribution in [2.45, 2.75) is 50.4 Å². The topological polar surface area (TPSA) is 132 Å². The Morgan fingerprint density at radius 2 is 2.03 bits per heavy atom. The van der Waals surface area contributed by atoms with E-state index >= 15 is 0 Å². The second kappa shape index (κ2) is 10.5. The fourth-order valence-corrected chi connectivity index (χ4v) is 5.85. The molecular formula is C24H32FN5O4S. The van der Waals surface area contributed by atoms with Gasteiger partial charge in [0.15, 0.2) is 12.2 Å². The van der Waals surface area contributed by atoms with Crippen LogP contribution >= 0.6 is 11.3 Å². The number of piperidine rings is 1. The Morgan fingerprint density at radius 3 is 2.69 bits per heavy atom. The molecule has 0 radical (unpaired) electrons. The van der Waals surface area contributed by atoms with Crippen molar-refractivity contribution < 1.29 is 24.2 Å². The van der Waals surface area contributed by atoms with Gasteiger partial charge in [0.1, 0.15) is 10.8 Å². The van der Waals surface area contributed by atoms with Gasteiger partial charge < -0.3 is 31.1 Å². The number of aliphatic hydroxyl groups is 2. The number of hydrogen-bond acceptors (Lipinski definition) is 8. The molecule has 0 spiro atoms. The van der Waals surface area contributed by atoms with Gasteiger partial charge in [-0.15, -0.1) is 11.3 Å². The van der Waals surface area contributed by atoms with Crippen molar-refractivity contribution in [3.05, 3.63) is 40.6 Å². The smallest absolute Gasteiger partial charge is 0.255 e. The van der Waals surface area contributed by atoms with Crippen LogP contribution in [0.4, 0.5) is 15.8 Å². The van der Waals surface area contributed by atoms with Crippen LogP contribution in [0, 0.1) is 11.7 Å². The summed E-state index contributed by atoms with van der Waals surface area (Å²) < 4.78 is 13.3.